The number of nitrogens with one attached hydrogen (secondary N) is 1. The second-order valence-electron chi connectivity index (χ2n) is 5.21. The molecule has 1 fully saturated rings. The highest BCUT2D eigenvalue weighted by molar-refractivity contribution is 9.10. The van der Waals surface area contributed by atoms with Crippen LogP contribution in [0.25, 0.3) is 0 Å². The minimum absolute atomic E-state index is 0.0370. The number of carbonyl (C=O) groups excluding carboxylic acids is 2. The molecule has 1 aromatic rings. The van der Waals surface area contributed by atoms with Gasteiger partial charge in [0.05, 0.1) is 0 Å². The maximum Gasteiger partial charge on any atom is 0.251 e. The van der Waals surface area contributed by atoms with Gasteiger partial charge in [0.15, 0.2) is 0 Å². The lowest BCUT2D eigenvalue weighted by molar-refractivity contribution is -0.129. The molecule has 1 aromatic carbocycles. The van der Waals surface area contributed by atoms with Gasteiger partial charge in [-0.15, -0.1) is 0 Å². The molecule has 0 aromatic heterocycles. The first-order valence-electron chi connectivity index (χ1n) is 6.80. The zero-order valence-electron chi connectivity index (χ0n) is 11.8. The van der Waals surface area contributed by atoms with E-state index in [1.807, 2.05) is 30.0 Å². The second kappa shape index (κ2) is 6.39. The number of halogens is 1. The number of benzene rings is 1. The van der Waals surface area contributed by atoms with Crippen molar-refractivity contribution in [2.24, 2.45) is 0 Å². The smallest absolute Gasteiger partial charge is 0.251 e. The molecule has 2 amide bonds. The van der Waals surface area contributed by atoms with Crippen LogP contribution in [-0.4, -0.2) is 35.8 Å². The molecule has 0 radical (unpaired) electrons. The minimum atomic E-state index is -0.0370. The van der Waals surface area contributed by atoms with E-state index in [9.17, 15) is 9.59 Å². The molecule has 5 heteroatoms. The molecule has 1 saturated heterocycles. The number of amides is 2. The Labute approximate surface area is 127 Å². The molecular formula is C15H19BrN2O2. The summed E-state index contributed by atoms with van der Waals surface area (Å²) in [5.41, 5.74) is 1.67. The Kier molecular flexibility index (Phi) is 4.81. The van der Waals surface area contributed by atoms with Crippen LogP contribution in [-0.2, 0) is 4.79 Å². The number of nitrogens with zero attached hydrogens (tertiary/aromatic N) is 1. The van der Waals surface area contributed by atoms with Gasteiger partial charge in [-0.3, -0.25) is 9.59 Å². The average molecular weight is 339 g/mol. The molecule has 0 saturated carbocycles. The number of piperidine rings is 1. The lowest BCUT2D eigenvalue weighted by atomic mass is 10.0. The third kappa shape index (κ3) is 3.60. The number of likely N-dealkylation sites (tertiary alicyclic amines) is 1. The number of hydrogen-bond acceptors (Lipinski definition) is 2. The average Bonchev–Trinajstić information content (AvgIpc) is 2.42. The maximum absolute atomic E-state index is 12.3. The van der Waals surface area contributed by atoms with E-state index in [1.165, 1.54) is 0 Å². The van der Waals surface area contributed by atoms with Crippen LogP contribution in [0.3, 0.4) is 0 Å². The van der Waals surface area contributed by atoms with Crippen molar-refractivity contribution in [2.45, 2.75) is 32.7 Å². The van der Waals surface area contributed by atoms with E-state index in [-0.39, 0.29) is 17.9 Å². The van der Waals surface area contributed by atoms with Gasteiger partial charge in [-0.05, 0) is 37.5 Å². The van der Waals surface area contributed by atoms with Crippen LogP contribution in [0.2, 0.25) is 0 Å². The predicted octanol–water partition coefficient (Wildman–Crippen LogP) is 2.50. The third-order valence-corrected chi connectivity index (χ3v) is 4.21. The Morgan fingerprint density at radius 2 is 1.95 bits per heavy atom. The van der Waals surface area contributed by atoms with Crippen molar-refractivity contribution in [1.82, 2.24) is 10.2 Å². The molecule has 1 heterocycles. The van der Waals surface area contributed by atoms with Gasteiger partial charge in [0.1, 0.15) is 0 Å². The molecule has 0 unspecified atom stereocenters. The topological polar surface area (TPSA) is 49.4 Å². The van der Waals surface area contributed by atoms with E-state index in [0.29, 0.717) is 5.56 Å². The molecule has 1 aliphatic heterocycles. The van der Waals surface area contributed by atoms with Crippen molar-refractivity contribution in [2.75, 3.05) is 13.1 Å². The SMILES string of the molecule is CC(=O)N1CCC(NC(=O)c2cc(Br)ccc2C)CC1. The zero-order chi connectivity index (χ0) is 14.7. The van der Waals surface area contributed by atoms with Gasteiger partial charge in [0, 0.05) is 36.1 Å². The van der Waals surface area contributed by atoms with Gasteiger partial charge in [-0.25, -0.2) is 0 Å². The van der Waals surface area contributed by atoms with Crippen LogP contribution in [0.1, 0.15) is 35.7 Å². The second-order valence-corrected chi connectivity index (χ2v) is 6.13. The molecule has 2 rings (SSSR count). The maximum atomic E-state index is 12.3. The normalized spacial score (nSPS) is 16.1. The minimum Gasteiger partial charge on any atom is -0.349 e. The lowest BCUT2D eigenvalue weighted by Gasteiger charge is -2.31. The molecule has 20 heavy (non-hydrogen) atoms. The third-order valence-electron chi connectivity index (χ3n) is 3.72. The monoisotopic (exact) mass is 338 g/mol. The summed E-state index contributed by atoms with van der Waals surface area (Å²) in [4.78, 5) is 25.4. The summed E-state index contributed by atoms with van der Waals surface area (Å²) in [6.45, 7) is 4.96. The highest BCUT2D eigenvalue weighted by Crippen LogP contribution is 2.17. The summed E-state index contributed by atoms with van der Waals surface area (Å²) in [6.07, 6.45) is 1.64. The van der Waals surface area contributed by atoms with Crippen LogP contribution in [0.15, 0.2) is 22.7 Å². The molecule has 0 spiro atoms. The number of aryl methyl sites for hydroxylation is 1. The van der Waals surface area contributed by atoms with Crippen LogP contribution < -0.4 is 5.32 Å². The van der Waals surface area contributed by atoms with Gasteiger partial charge in [0.25, 0.3) is 5.91 Å². The Morgan fingerprint density at radius 1 is 1.30 bits per heavy atom. The van der Waals surface area contributed by atoms with E-state index in [4.69, 9.17) is 0 Å². The number of carbonyl (C=O) groups is 2. The zero-order valence-corrected chi connectivity index (χ0v) is 13.4. The van der Waals surface area contributed by atoms with Crippen molar-refractivity contribution in [3.63, 3.8) is 0 Å². The summed E-state index contributed by atoms with van der Waals surface area (Å²) >= 11 is 3.39. The van der Waals surface area contributed by atoms with Gasteiger partial charge in [-0.1, -0.05) is 22.0 Å². The van der Waals surface area contributed by atoms with E-state index in [2.05, 4.69) is 21.2 Å². The fourth-order valence-corrected chi connectivity index (χ4v) is 2.80. The van der Waals surface area contributed by atoms with Crippen LogP contribution in [0.4, 0.5) is 0 Å². The van der Waals surface area contributed by atoms with Crippen molar-refractivity contribution >= 4 is 27.7 Å². The van der Waals surface area contributed by atoms with Crippen molar-refractivity contribution in [1.29, 1.82) is 0 Å². The highest BCUT2D eigenvalue weighted by Gasteiger charge is 2.22. The first kappa shape index (κ1) is 15.0. The largest absolute Gasteiger partial charge is 0.349 e. The summed E-state index contributed by atoms with van der Waals surface area (Å²) in [5, 5.41) is 3.06. The first-order valence-corrected chi connectivity index (χ1v) is 7.59. The van der Waals surface area contributed by atoms with Crippen LogP contribution >= 0.6 is 15.9 Å². The molecule has 0 bridgehead atoms. The molecule has 1 N–H and O–H groups in total. The van der Waals surface area contributed by atoms with E-state index >= 15 is 0 Å². The molecule has 0 atom stereocenters. The van der Waals surface area contributed by atoms with Gasteiger partial charge in [-0.2, -0.15) is 0 Å². The highest BCUT2D eigenvalue weighted by atomic mass is 79.9. The van der Waals surface area contributed by atoms with Crippen molar-refractivity contribution in [3.8, 4) is 0 Å². The summed E-state index contributed by atoms with van der Waals surface area (Å²) < 4.78 is 0.902. The number of hydrogen-bond donors (Lipinski definition) is 1. The van der Waals surface area contributed by atoms with Gasteiger partial charge < -0.3 is 10.2 Å². The fourth-order valence-electron chi connectivity index (χ4n) is 2.44. The van der Waals surface area contributed by atoms with Crippen molar-refractivity contribution in [3.05, 3.63) is 33.8 Å². The Morgan fingerprint density at radius 3 is 2.55 bits per heavy atom. The van der Waals surface area contributed by atoms with E-state index in [1.54, 1.807) is 6.92 Å². The standard InChI is InChI=1S/C15H19BrN2O2/c1-10-3-4-12(16)9-14(10)15(20)17-13-5-7-18(8-6-13)11(2)19/h3-4,9,13H,5-8H2,1-2H3,(H,17,20). The molecule has 1 aliphatic rings. The van der Waals surface area contributed by atoms with Crippen LogP contribution in [0.5, 0.6) is 0 Å². The van der Waals surface area contributed by atoms with Crippen molar-refractivity contribution < 1.29 is 9.59 Å². The first-order chi connectivity index (χ1) is 9.47. The lowest BCUT2D eigenvalue weighted by Crippen LogP contribution is -2.46. The molecular weight excluding hydrogens is 320 g/mol. The Balaban J connectivity index is 1.96. The van der Waals surface area contributed by atoms with Crippen LogP contribution in [0, 0.1) is 6.92 Å². The summed E-state index contributed by atoms with van der Waals surface area (Å²) in [5.74, 6) is 0.0719. The fraction of sp³-hybridized carbons (Fsp3) is 0.467. The van der Waals surface area contributed by atoms with Gasteiger partial charge >= 0.3 is 0 Å². The summed E-state index contributed by atoms with van der Waals surface area (Å²) in [7, 11) is 0. The Hall–Kier alpha value is -1.36. The Bertz CT molecular complexity index is 523. The summed E-state index contributed by atoms with van der Waals surface area (Å²) in [6, 6.07) is 5.85. The van der Waals surface area contributed by atoms with E-state index < -0.39 is 0 Å². The predicted molar refractivity (Wildman–Crippen MR) is 81.6 cm³/mol. The molecule has 4 nitrogen and oxygen atoms in total. The molecule has 0 aliphatic carbocycles. The van der Waals surface area contributed by atoms with E-state index in [0.717, 1.165) is 36.0 Å². The quantitative estimate of drug-likeness (QED) is 0.900. The van der Waals surface area contributed by atoms with Gasteiger partial charge in [0.2, 0.25) is 5.91 Å². The molecule has 108 valence electrons. The number of rotatable bonds is 2.